The Bertz CT molecular complexity index is 736. The summed E-state index contributed by atoms with van der Waals surface area (Å²) >= 11 is 0. The lowest BCUT2D eigenvalue weighted by Crippen LogP contribution is -2.41. The second kappa shape index (κ2) is 8.86. The molecule has 1 aromatic carbocycles. The third-order valence-electron chi connectivity index (χ3n) is 4.05. The number of nitrogens with one attached hydrogen (secondary N) is 3. The Labute approximate surface area is 148 Å². The molecule has 0 fully saturated rings. The standard InChI is InChI=1S/C18H26N6O/c1-13-16(14(2)24(4)23-13)12-22-18(19-3)21-11-10-20-17(25)15-8-6-5-7-9-15/h5-9H,10-12H2,1-4H3,(H,20,25)(H2,19,21,22). The van der Waals surface area contributed by atoms with E-state index in [2.05, 4.69) is 26.0 Å². The second-order valence-electron chi connectivity index (χ2n) is 5.75. The number of hydrogen-bond donors (Lipinski definition) is 3. The van der Waals surface area contributed by atoms with Crippen LogP contribution in [0.15, 0.2) is 35.3 Å². The highest BCUT2D eigenvalue weighted by Crippen LogP contribution is 2.10. The smallest absolute Gasteiger partial charge is 0.251 e. The first-order valence-electron chi connectivity index (χ1n) is 8.29. The average molecular weight is 342 g/mol. The predicted molar refractivity (Wildman–Crippen MR) is 99.7 cm³/mol. The van der Waals surface area contributed by atoms with Crippen LogP contribution in [0.25, 0.3) is 0 Å². The maximum absolute atomic E-state index is 12.0. The summed E-state index contributed by atoms with van der Waals surface area (Å²) in [6.07, 6.45) is 0. The van der Waals surface area contributed by atoms with Gasteiger partial charge in [0.25, 0.3) is 5.91 Å². The van der Waals surface area contributed by atoms with E-state index in [1.165, 1.54) is 5.56 Å². The molecule has 0 aliphatic carbocycles. The van der Waals surface area contributed by atoms with Gasteiger partial charge in [0.1, 0.15) is 0 Å². The van der Waals surface area contributed by atoms with Crippen LogP contribution < -0.4 is 16.0 Å². The lowest BCUT2D eigenvalue weighted by atomic mass is 10.2. The number of amides is 1. The molecule has 0 spiro atoms. The van der Waals surface area contributed by atoms with Crippen LogP contribution in [0.3, 0.4) is 0 Å². The van der Waals surface area contributed by atoms with E-state index < -0.39 is 0 Å². The van der Waals surface area contributed by atoms with Crippen LogP contribution in [0.1, 0.15) is 27.3 Å². The number of aromatic nitrogens is 2. The first-order valence-corrected chi connectivity index (χ1v) is 8.29. The van der Waals surface area contributed by atoms with Crippen molar-refractivity contribution in [2.75, 3.05) is 20.1 Å². The van der Waals surface area contributed by atoms with Crippen LogP contribution in [-0.4, -0.2) is 41.8 Å². The molecule has 0 atom stereocenters. The average Bonchev–Trinajstić information content (AvgIpc) is 2.87. The zero-order chi connectivity index (χ0) is 18.2. The molecular formula is C18H26N6O. The number of guanidine groups is 1. The van der Waals surface area contributed by atoms with Crippen molar-refractivity contribution in [3.63, 3.8) is 0 Å². The molecule has 7 nitrogen and oxygen atoms in total. The summed E-state index contributed by atoms with van der Waals surface area (Å²) in [6, 6.07) is 9.17. The minimum atomic E-state index is -0.0769. The molecule has 1 aromatic heterocycles. The molecule has 0 radical (unpaired) electrons. The summed E-state index contributed by atoms with van der Waals surface area (Å²) < 4.78 is 1.88. The molecule has 0 unspecified atom stereocenters. The van der Waals surface area contributed by atoms with Gasteiger partial charge < -0.3 is 16.0 Å². The highest BCUT2D eigenvalue weighted by Gasteiger charge is 2.09. The van der Waals surface area contributed by atoms with Gasteiger partial charge in [0.2, 0.25) is 0 Å². The molecule has 0 aliphatic heterocycles. The number of aryl methyl sites for hydroxylation is 2. The van der Waals surface area contributed by atoms with Crippen LogP contribution >= 0.6 is 0 Å². The van der Waals surface area contributed by atoms with Gasteiger partial charge >= 0.3 is 0 Å². The Hall–Kier alpha value is -2.83. The van der Waals surface area contributed by atoms with Gasteiger partial charge in [-0.1, -0.05) is 18.2 Å². The minimum Gasteiger partial charge on any atom is -0.355 e. The number of nitrogens with zero attached hydrogens (tertiary/aromatic N) is 3. The van der Waals surface area contributed by atoms with Crippen LogP contribution in [0.2, 0.25) is 0 Å². The van der Waals surface area contributed by atoms with Crippen molar-refractivity contribution < 1.29 is 4.79 Å². The van der Waals surface area contributed by atoms with Gasteiger partial charge in [0.05, 0.1) is 5.69 Å². The number of rotatable bonds is 6. The summed E-state index contributed by atoms with van der Waals surface area (Å²) in [6.45, 7) is 5.80. The van der Waals surface area contributed by atoms with Gasteiger partial charge in [0, 0.05) is 50.6 Å². The third-order valence-corrected chi connectivity index (χ3v) is 4.05. The number of hydrogen-bond acceptors (Lipinski definition) is 3. The Morgan fingerprint density at radius 2 is 1.80 bits per heavy atom. The minimum absolute atomic E-state index is 0.0769. The fourth-order valence-corrected chi connectivity index (χ4v) is 2.51. The fourth-order valence-electron chi connectivity index (χ4n) is 2.51. The SMILES string of the molecule is CN=C(NCCNC(=O)c1ccccc1)NCc1c(C)nn(C)c1C. The van der Waals surface area contributed by atoms with Gasteiger partial charge in [-0.15, -0.1) is 0 Å². The second-order valence-corrected chi connectivity index (χ2v) is 5.75. The molecule has 134 valence electrons. The topological polar surface area (TPSA) is 83.3 Å². The number of benzene rings is 1. The first-order chi connectivity index (χ1) is 12.0. The van der Waals surface area contributed by atoms with Gasteiger partial charge in [0.15, 0.2) is 5.96 Å². The van der Waals surface area contributed by atoms with Crippen LogP contribution in [-0.2, 0) is 13.6 Å². The van der Waals surface area contributed by atoms with E-state index in [9.17, 15) is 4.79 Å². The van der Waals surface area contributed by atoms with Crippen molar-refractivity contribution in [2.45, 2.75) is 20.4 Å². The van der Waals surface area contributed by atoms with Crippen molar-refractivity contribution >= 4 is 11.9 Å². The van der Waals surface area contributed by atoms with E-state index in [0.717, 1.165) is 11.4 Å². The highest BCUT2D eigenvalue weighted by molar-refractivity contribution is 5.94. The lowest BCUT2D eigenvalue weighted by molar-refractivity contribution is 0.0954. The zero-order valence-electron chi connectivity index (χ0n) is 15.3. The molecular weight excluding hydrogens is 316 g/mol. The molecule has 0 saturated heterocycles. The first kappa shape index (κ1) is 18.5. The normalized spacial score (nSPS) is 11.3. The maximum atomic E-state index is 12.0. The third kappa shape index (κ3) is 5.07. The summed E-state index contributed by atoms with van der Waals surface area (Å²) in [5.74, 6) is 0.614. The summed E-state index contributed by atoms with van der Waals surface area (Å²) in [5.41, 5.74) is 3.98. The van der Waals surface area contributed by atoms with E-state index in [1.807, 2.05) is 43.8 Å². The molecule has 0 aliphatic rings. The van der Waals surface area contributed by atoms with Crippen LogP contribution in [0, 0.1) is 13.8 Å². The van der Waals surface area contributed by atoms with E-state index in [-0.39, 0.29) is 5.91 Å². The van der Waals surface area contributed by atoms with Crippen molar-refractivity contribution in [1.82, 2.24) is 25.7 Å². The quantitative estimate of drug-likeness (QED) is 0.417. The van der Waals surface area contributed by atoms with Crippen molar-refractivity contribution in [2.24, 2.45) is 12.0 Å². The van der Waals surface area contributed by atoms with E-state index in [4.69, 9.17) is 0 Å². The van der Waals surface area contributed by atoms with E-state index in [0.29, 0.717) is 31.2 Å². The predicted octanol–water partition coefficient (Wildman–Crippen LogP) is 1.13. The Balaban J connectivity index is 1.74. The Kier molecular flexibility index (Phi) is 6.56. The largest absolute Gasteiger partial charge is 0.355 e. The maximum Gasteiger partial charge on any atom is 0.251 e. The summed E-state index contributed by atoms with van der Waals surface area (Å²) in [4.78, 5) is 16.2. The molecule has 25 heavy (non-hydrogen) atoms. The van der Waals surface area contributed by atoms with E-state index >= 15 is 0 Å². The monoisotopic (exact) mass is 342 g/mol. The molecule has 7 heteroatoms. The Morgan fingerprint density at radius 3 is 2.40 bits per heavy atom. The molecule has 3 N–H and O–H groups in total. The molecule has 1 amide bonds. The summed E-state index contributed by atoms with van der Waals surface area (Å²) in [5, 5.41) is 13.7. The van der Waals surface area contributed by atoms with E-state index in [1.54, 1.807) is 19.2 Å². The van der Waals surface area contributed by atoms with Gasteiger partial charge in [-0.3, -0.25) is 14.5 Å². The number of aliphatic imine (C=N–C) groups is 1. The molecule has 2 aromatic rings. The van der Waals surface area contributed by atoms with Gasteiger partial charge in [-0.05, 0) is 26.0 Å². The van der Waals surface area contributed by atoms with Crippen molar-refractivity contribution in [3.8, 4) is 0 Å². The van der Waals surface area contributed by atoms with Crippen molar-refractivity contribution in [1.29, 1.82) is 0 Å². The highest BCUT2D eigenvalue weighted by atomic mass is 16.1. The molecule has 2 rings (SSSR count). The molecule has 1 heterocycles. The van der Waals surface area contributed by atoms with Crippen molar-refractivity contribution in [3.05, 3.63) is 52.8 Å². The summed E-state index contributed by atoms with van der Waals surface area (Å²) in [7, 11) is 3.66. The van der Waals surface area contributed by atoms with Crippen LogP contribution in [0.4, 0.5) is 0 Å². The van der Waals surface area contributed by atoms with Gasteiger partial charge in [-0.2, -0.15) is 5.10 Å². The van der Waals surface area contributed by atoms with Crippen LogP contribution in [0.5, 0.6) is 0 Å². The lowest BCUT2D eigenvalue weighted by Gasteiger charge is -2.12. The number of carbonyl (C=O) groups excluding carboxylic acids is 1. The van der Waals surface area contributed by atoms with Gasteiger partial charge in [-0.25, -0.2) is 0 Å². The number of carbonyl (C=O) groups is 1. The fraction of sp³-hybridized carbons (Fsp3) is 0.389. The Morgan fingerprint density at radius 1 is 1.12 bits per heavy atom. The molecule has 0 bridgehead atoms. The molecule has 0 saturated carbocycles. The zero-order valence-corrected chi connectivity index (χ0v) is 15.3.